The normalized spacial score (nSPS) is 14.7. The number of alkyl halides is 3. The van der Waals surface area contributed by atoms with Crippen molar-refractivity contribution in [3.63, 3.8) is 0 Å². The second-order valence-corrected chi connectivity index (χ2v) is 10.6. The van der Waals surface area contributed by atoms with E-state index >= 15 is 4.39 Å². The van der Waals surface area contributed by atoms with Crippen LogP contribution in [0.25, 0.3) is 5.69 Å². The molecule has 1 atom stereocenters. The summed E-state index contributed by atoms with van der Waals surface area (Å²) >= 11 is 0. The minimum Gasteiger partial charge on any atom is -0.384 e. The number of hydrogen-bond acceptors (Lipinski definition) is 5. The lowest BCUT2D eigenvalue weighted by molar-refractivity contribution is -0.141. The summed E-state index contributed by atoms with van der Waals surface area (Å²) in [4.78, 5) is 0. The number of nitriles is 1. The van der Waals surface area contributed by atoms with Crippen LogP contribution in [-0.2, 0) is 18.3 Å². The maximum Gasteiger partial charge on any atom is 0.435 e. The summed E-state index contributed by atoms with van der Waals surface area (Å²) in [6.45, 7) is -0.197. The van der Waals surface area contributed by atoms with Crippen LogP contribution in [0.2, 0.25) is 0 Å². The molecule has 1 unspecified atom stereocenters. The fourth-order valence-electron chi connectivity index (χ4n) is 5.00. The van der Waals surface area contributed by atoms with E-state index in [4.69, 9.17) is 16.9 Å². The first-order valence-corrected chi connectivity index (χ1v) is 13.4. The molecule has 1 aromatic heterocycles. The smallest absolute Gasteiger partial charge is 0.384 e. The molecule has 42 heavy (non-hydrogen) atoms. The van der Waals surface area contributed by atoms with Crippen LogP contribution in [0.5, 0.6) is 0 Å². The molecule has 11 heteroatoms. The summed E-state index contributed by atoms with van der Waals surface area (Å²) in [5.74, 6) is -0.268. The zero-order valence-corrected chi connectivity index (χ0v) is 22.5. The van der Waals surface area contributed by atoms with Crippen LogP contribution < -0.4 is 16.8 Å². The first-order valence-electron chi connectivity index (χ1n) is 13.4. The minimum atomic E-state index is -4.71. The molecule has 0 amide bonds. The quantitative estimate of drug-likeness (QED) is 0.102. The molecule has 1 fully saturated rings. The van der Waals surface area contributed by atoms with Gasteiger partial charge in [0, 0.05) is 5.56 Å². The number of nitrogen functional groups attached to an aromatic ring is 1. The number of benzene rings is 3. The summed E-state index contributed by atoms with van der Waals surface area (Å²) in [7, 11) is 0. The van der Waals surface area contributed by atoms with Crippen LogP contribution in [0.4, 0.5) is 23.2 Å². The van der Waals surface area contributed by atoms with Crippen molar-refractivity contribution in [3.05, 3.63) is 112 Å². The molecule has 1 saturated carbocycles. The predicted molar refractivity (Wildman–Crippen MR) is 151 cm³/mol. The average Bonchev–Trinajstić information content (AvgIpc) is 3.71. The number of nitrogens with two attached hydrogens (primary N) is 2. The van der Waals surface area contributed by atoms with Crippen LogP contribution in [-0.4, -0.2) is 15.6 Å². The Morgan fingerprint density at radius 3 is 2.48 bits per heavy atom. The van der Waals surface area contributed by atoms with Crippen molar-refractivity contribution in [2.75, 3.05) is 5.32 Å². The zero-order valence-electron chi connectivity index (χ0n) is 22.5. The second-order valence-electron chi connectivity index (χ2n) is 10.6. The number of halogens is 4. The van der Waals surface area contributed by atoms with E-state index in [2.05, 4.69) is 16.5 Å². The molecule has 0 aliphatic heterocycles. The number of hydrogen-bond donors (Lipinski definition) is 4. The molecule has 3 aromatic carbocycles. The molecule has 0 radical (unpaired) electrons. The molecule has 5 rings (SSSR count). The second kappa shape index (κ2) is 11.3. The van der Waals surface area contributed by atoms with Crippen molar-refractivity contribution in [1.29, 1.82) is 10.7 Å². The highest BCUT2D eigenvalue weighted by molar-refractivity contribution is 5.95. The van der Waals surface area contributed by atoms with E-state index in [0.717, 1.165) is 35.6 Å². The number of amidine groups is 1. The number of nitrogens with one attached hydrogen (secondary N) is 2. The monoisotopic (exact) mass is 575 g/mol. The van der Waals surface area contributed by atoms with E-state index in [1.54, 1.807) is 48.5 Å². The van der Waals surface area contributed by atoms with Gasteiger partial charge in [0.1, 0.15) is 11.7 Å². The Morgan fingerprint density at radius 1 is 1.05 bits per heavy atom. The molecule has 0 bridgehead atoms. The Morgan fingerprint density at radius 2 is 1.79 bits per heavy atom. The Hall–Kier alpha value is -4.69. The van der Waals surface area contributed by atoms with Crippen molar-refractivity contribution in [2.24, 2.45) is 17.4 Å². The summed E-state index contributed by atoms with van der Waals surface area (Å²) in [5.41, 5.74) is 13.0. The van der Waals surface area contributed by atoms with Gasteiger partial charge >= 0.3 is 6.18 Å². The third kappa shape index (κ3) is 6.14. The average molecular weight is 576 g/mol. The third-order valence-electron chi connectivity index (χ3n) is 7.57. The molecule has 4 aromatic rings. The molecular formula is C31H29F4N7. The van der Waals surface area contributed by atoms with Gasteiger partial charge in [-0.25, -0.2) is 9.07 Å². The van der Waals surface area contributed by atoms with Gasteiger partial charge in [0.2, 0.25) is 0 Å². The fourth-order valence-corrected chi connectivity index (χ4v) is 5.00. The van der Waals surface area contributed by atoms with Crippen LogP contribution >= 0.6 is 0 Å². The standard InChI is InChI=1S/C31H29F4N7/c32-26-10-9-23(30(39,12-11-19-7-8-19)22-5-1-3-20(13-22)17-36)15-27(26)40-18-25-16-28(31(33,34)35)41-42(25)24-6-2-4-21(14-24)29(37)38/h1-6,9-10,13-16,19,40H,7-8,11-12,18,39H2,(H3,37,38). The number of rotatable bonds is 10. The van der Waals surface area contributed by atoms with Gasteiger partial charge in [0.05, 0.1) is 40.8 Å². The Kier molecular flexibility index (Phi) is 7.75. The van der Waals surface area contributed by atoms with E-state index in [-0.39, 0.29) is 29.4 Å². The van der Waals surface area contributed by atoms with E-state index in [1.165, 1.54) is 12.1 Å². The Balaban J connectivity index is 1.49. The van der Waals surface area contributed by atoms with Crippen molar-refractivity contribution in [1.82, 2.24) is 9.78 Å². The van der Waals surface area contributed by atoms with Crippen molar-refractivity contribution in [3.8, 4) is 11.8 Å². The van der Waals surface area contributed by atoms with Gasteiger partial charge in [-0.15, -0.1) is 0 Å². The lowest BCUT2D eigenvalue weighted by atomic mass is 9.79. The number of aromatic nitrogens is 2. The highest BCUT2D eigenvalue weighted by atomic mass is 19.4. The van der Waals surface area contributed by atoms with Crippen LogP contribution in [0.1, 0.15) is 59.3 Å². The molecule has 7 nitrogen and oxygen atoms in total. The highest BCUT2D eigenvalue weighted by Gasteiger charge is 2.36. The summed E-state index contributed by atoms with van der Waals surface area (Å²) in [6.07, 6.45) is -0.999. The van der Waals surface area contributed by atoms with Gasteiger partial charge in [-0.3, -0.25) is 5.41 Å². The highest BCUT2D eigenvalue weighted by Crippen LogP contribution is 2.41. The minimum absolute atomic E-state index is 0.0592. The molecular weight excluding hydrogens is 546 g/mol. The largest absolute Gasteiger partial charge is 0.435 e. The van der Waals surface area contributed by atoms with Crippen LogP contribution in [0, 0.1) is 28.5 Å². The molecule has 0 saturated heterocycles. The first-order chi connectivity index (χ1) is 20.0. The van der Waals surface area contributed by atoms with Crippen molar-refractivity contribution >= 4 is 11.5 Å². The van der Waals surface area contributed by atoms with Crippen molar-refractivity contribution < 1.29 is 17.6 Å². The van der Waals surface area contributed by atoms with Crippen LogP contribution in [0.3, 0.4) is 0 Å². The molecule has 1 heterocycles. The lowest BCUT2D eigenvalue weighted by Gasteiger charge is -2.32. The van der Waals surface area contributed by atoms with E-state index in [0.29, 0.717) is 29.0 Å². The number of nitrogens with zero attached hydrogens (tertiary/aromatic N) is 3. The lowest BCUT2D eigenvalue weighted by Crippen LogP contribution is -2.38. The first kappa shape index (κ1) is 28.8. The number of anilines is 1. The van der Waals surface area contributed by atoms with Gasteiger partial charge in [-0.1, -0.05) is 43.2 Å². The predicted octanol–water partition coefficient (Wildman–Crippen LogP) is 6.19. The van der Waals surface area contributed by atoms with E-state index < -0.39 is 23.2 Å². The van der Waals surface area contributed by atoms with Gasteiger partial charge in [0.15, 0.2) is 5.69 Å². The van der Waals surface area contributed by atoms with E-state index in [9.17, 15) is 18.4 Å². The summed E-state index contributed by atoms with van der Waals surface area (Å²) in [6, 6.07) is 20.6. The zero-order chi connectivity index (χ0) is 30.1. The maximum atomic E-state index is 15.1. The topological polar surface area (TPSA) is 130 Å². The maximum absolute atomic E-state index is 15.1. The summed E-state index contributed by atoms with van der Waals surface area (Å²) in [5, 5.41) is 23.8. The Bertz CT molecular complexity index is 1670. The van der Waals surface area contributed by atoms with Crippen molar-refractivity contribution in [2.45, 2.75) is 43.9 Å². The summed E-state index contributed by atoms with van der Waals surface area (Å²) < 4.78 is 57.0. The molecule has 216 valence electrons. The van der Waals surface area contributed by atoms with Gasteiger partial charge in [-0.2, -0.15) is 23.5 Å². The van der Waals surface area contributed by atoms with Gasteiger partial charge < -0.3 is 16.8 Å². The van der Waals surface area contributed by atoms with Crippen LogP contribution in [0.15, 0.2) is 72.8 Å². The molecule has 6 N–H and O–H groups in total. The van der Waals surface area contributed by atoms with E-state index in [1.807, 2.05) is 6.07 Å². The third-order valence-corrected chi connectivity index (χ3v) is 7.57. The van der Waals surface area contributed by atoms with Gasteiger partial charge in [-0.05, 0) is 72.4 Å². The molecule has 1 aliphatic rings. The molecule has 0 spiro atoms. The SMILES string of the molecule is N#Cc1cccc(C(N)(CCC2CC2)c2ccc(F)c(NCc3cc(C(F)(F)F)nn3-c3cccc(C(=N)N)c3)c2)c1. The fraction of sp³-hybridized carbons (Fsp3) is 0.258. The Labute approximate surface area is 240 Å². The van der Waals surface area contributed by atoms with Gasteiger partial charge in [0.25, 0.3) is 0 Å². The molecule has 1 aliphatic carbocycles.